The molecule has 1 amide bonds. The Kier molecular flexibility index (Phi) is 7.42. The second-order valence-corrected chi connectivity index (χ2v) is 10.5. The molecular formula is C25H30N4O5S. The van der Waals surface area contributed by atoms with Crippen molar-refractivity contribution in [3.8, 4) is 28.4 Å². The molecule has 1 aliphatic heterocycles. The van der Waals surface area contributed by atoms with Gasteiger partial charge in [0.15, 0.2) is 0 Å². The van der Waals surface area contributed by atoms with Crippen molar-refractivity contribution in [2.45, 2.75) is 12.8 Å². The molecule has 2 aromatic carbocycles. The third kappa shape index (κ3) is 5.83. The standard InChI is InChI=1S/C25H30N4O5S/c1-33-20-11-12-21(23(14-20)34-2)24-22(17-29(27-24)19-9-5-4-6-10-19)25(30)28-13-7-8-18(16-28)15-26-35(3,31)32/h4-6,9-12,14,17-18,26H,7-8,13,15-16H2,1-3H3. The van der Waals surface area contributed by atoms with Gasteiger partial charge in [0, 0.05) is 37.5 Å². The third-order valence-electron chi connectivity index (χ3n) is 6.07. The van der Waals surface area contributed by atoms with Crippen LogP contribution in [-0.4, -0.2) is 69.1 Å². The maximum Gasteiger partial charge on any atom is 0.257 e. The van der Waals surface area contributed by atoms with Crippen LogP contribution in [0.2, 0.25) is 0 Å². The fourth-order valence-corrected chi connectivity index (χ4v) is 4.83. The summed E-state index contributed by atoms with van der Waals surface area (Å²) in [6.45, 7) is 1.38. The highest BCUT2D eigenvalue weighted by Gasteiger charge is 2.29. The molecule has 1 atom stereocenters. The zero-order valence-corrected chi connectivity index (χ0v) is 20.9. The van der Waals surface area contributed by atoms with E-state index in [9.17, 15) is 13.2 Å². The van der Waals surface area contributed by atoms with Crippen LogP contribution in [0.4, 0.5) is 0 Å². The largest absolute Gasteiger partial charge is 0.497 e. The lowest BCUT2D eigenvalue weighted by Crippen LogP contribution is -2.43. The Morgan fingerprint density at radius 1 is 1.14 bits per heavy atom. The molecule has 186 valence electrons. The first-order valence-corrected chi connectivity index (χ1v) is 13.3. The van der Waals surface area contributed by atoms with Crippen LogP contribution in [0, 0.1) is 5.92 Å². The van der Waals surface area contributed by atoms with Gasteiger partial charge in [-0.2, -0.15) is 5.10 Å². The maximum absolute atomic E-state index is 13.8. The number of benzene rings is 2. The minimum Gasteiger partial charge on any atom is -0.497 e. The topological polar surface area (TPSA) is 103 Å². The number of nitrogens with one attached hydrogen (secondary N) is 1. The first-order chi connectivity index (χ1) is 16.8. The Bertz CT molecular complexity index is 1290. The fraction of sp³-hybridized carbons (Fsp3) is 0.360. The number of piperidine rings is 1. The van der Waals surface area contributed by atoms with E-state index in [4.69, 9.17) is 14.6 Å². The second-order valence-electron chi connectivity index (χ2n) is 8.62. The van der Waals surface area contributed by atoms with Crippen LogP contribution >= 0.6 is 0 Å². The highest BCUT2D eigenvalue weighted by molar-refractivity contribution is 7.88. The van der Waals surface area contributed by atoms with Crippen molar-refractivity contribution in [2.75, 3.05) is 40.1 Å². The summed E-state index contributed by atoms with van der Waals surface area (Å²) >= 11 is 0. The molecule has 1 aliphatic rings. The van der Waals surface area contributed by atoms with Crippen molar-refractivity contribution >= 4 is 15.9 Å². The van der Waals surface area contributed by atoms with E-state index >= 15 is 0 Å². The fourth-order valence-electron chi connectivity index (χ4n) is 4.29. The minimum atomic E-state index is -3.29. The number of ether oxygens (including phenoxy) is 2. The normalized spacial score (nSPS) is 16.2. The van der Waals surface area contributed by atoms with Crippen molar-refractivity contribution in [1.82, 2.24) is 19.4 Å². The van der Waals surface area contributed by atoms with Crippen LogP contribution in [0.25, 0.3) is 16.9 Å². The van der Waals surface area contributed by atoms with Gasteiger partial charge in [-0.3, -0.25) is 4.79 Å². The lowest BCUT2D eigenvalue weighted by Gasteiger charge is -2.32. The number of hydrogen-bond acceptors (Lipinski definition) is 6. The molecule has 0 saturated carbocycles. The molecule has 0 spiro atoms. The van der Waals surface area contributed by atoms with E-state index in [0.29, 0.717) is 48.0 Å². The lowest BCUT2D eigenvalue weighted by molar-refractivity contribution is 0.0677. The summed E-state index contributed by atoms with van der Waals surface area (Å²) < 4.78 is 38.3. The first-order valence-electron chi connectivity index (χ1n) is 11.4. The molecule has 4 rings (SSSR count). The number of aromatic nitrogens is 2. The highest BCUT2D eigenvalue weighted by atomic mass is 32.2. The van der Waals surface area contributed by atoms with Crippen LogP contribution in [-0.2, 0) is 10.0 Å². The van der Waals surface area contributed by atoms with Gasteiger partial charge in [-0.15, -0.1) is 0 Å². The van der Waals surface area contributed by atoms with Crippen molar-refractivity contribution in [1.29, 1.82) is 0 Å². The average molecular weight is 499 g/mol. The predicted octanol–water partition coefficient (Wildman–Crippen LogP) is 2.96. The molecular weight excluding hydrogens is 468 g/mol. The summed E-state index contributed by atoms with van der Waals surface area (Å²) in [6, 6.07) is 15.0. The van der Waals surface area contributed by atoms with E-state index in [1.54, 1.807) is 42.1 Å². The minimum absolute atomic E-state index is 0.0468. The Morgan fingerprint density at radius 2 is 1.91 bits per heavy atom. The Hall–Kier alpha value is -3.37. The zero-order chi connectivity index (χ0) is 25.0. The van der Waals surface area contributed by atoms with Gasteiger partial charge in [0.25, 0.3) is 5.91 Å². The molecule has 3 aromatic rings. The highest BCUT2D eigenvalue weighted by Crippen LogP contribution is 2.35. The molecule has 2 heterocycles. The van der Waals surface area contributed by atoms with E-state index in [1.807, 2.05) is 36.4 Å². The van der Waals surface area contributed by atoms with Gasteiger partial charge in [0.2, 0.25) is 10.0 Å². The number of para-hydroxylation sites is 1. The molecule has 1 aromatic heterocycles. The third-order valence-corrected chi connectivity index (χ3v) is 6.76. The molecule has 0 aliphatic carbocycles. The number of hydrogen-bond donors (Lipinski definition) is 1. The summed E-state index contributed by atoms with van der Waals surface area (Å²) in [4.78, 5) is 15.6. The van der Waals surface area contributed by atoms with Crippen LogP contribution in [0.1, 0.15) is 23.2 Å². The van der Waals surface area contributed by atoms with Crippen LogP contribution < -0.4 is 14.2 Å². The Labute approximate surface area is 205 Å². The smallest absolute Gasteiger partial charge is 0.257 e. The molecule has 1 saturated heterocycles. The summed E-state index contributed by atoms with van der Waals surface area (Å²) in [5.41, 5.74) is 2.47. The number of likely N-dealkylation sites (tertiary alicyclic amines) is 1. The van der Waals surface area contributed by atoms with E-state index < -0.39 is 10.0 Å². The van der Waals surface area contributed by atoms with Crippen LogP contribution in [0.5, 0.6) is 11.5 Å². The number of amides is 1. The van der Waals surface area contributed by atoms with E-state index in [-0.39, 0.29) is 11.8 Å². The van der Waals surface area contributed by atoms with Crippen molar-refractivity contribution in [3.05, 3.63) is 60.3 Å². The first kappa shape index (κ1) is 24.7. The quantitative estimate of drug-likeness (QED) is 0.512. The van der Waals surface area contributed by atoms with E-state index in [2.05, 4.69) is 4.72 Å². The number of carbonyl (C=O) groups excluding carboxylic acids is 1. The van der Waals surface area contributed by atoms with Crippen molar-refractivity contribution < 1.29 is 22.7 Å². The number of rotatable bonds is 8. The van der Waals surface area contributed by atoms with Crippen LogP contribution in [0.3, 0.4) is 0 Å². The van der Waals surface area contributed by atoms with Gasteiger partial charge in [-0.05, 0) is 43.0 Å². The van der Waals surface area contributed by atoms with Crippen molar-refractivity contribution in [2.24, 2.45) is 5.92 Å². The van der Waals surface area contributed by atoms with Gasteiger partial charge in [-0.25, -0.2) is 17.8 Å². The van der Waals surface area contributed by atoms with Gasteiger partial charge in [0.1, 0.15) is 17.2 Å². The molecule has 0 radical (unpaired) electrons. The summed E-state index contributed by atoms with van der Waals surface area (Å²) in [7, 11) is -0.138. The van der Waals surface area contributed by atoms with Gasteiger partial charge in [0.05, 0.1) is 31.7 Å². The number of sulfonamides is 1. The second kappa shape index (κ2) is 10.5. The summed E-state index contributed by atoms with van der Waals surface area (Å²) in [5.74, 6) is 1.08. The molecule has 0 bridgehead atoms. The Balaban J connectivity index is 1.71. The molecule has 10 heteroatoms. The van der Waals surface area contributed by atoms with Crippen molar-refractivity contribution in [3.63, 3.8) is 0 Å². The van der Waals surface area contributed by atoms with E-state index in [1.165, 1.54) is 0 Å². The monoisotopic (exact) mass is 498 g/mol. The molecule has 1 fully saturated rings. The number of methoxy groups -OCH3 is 2. The number of carbonyl (C=O) groups is 1. The molecule has 1 unspecified atom stereocenters. The number of nitrogens with zero attached hydrogens (tertiary/aromatic N) is 3. The predicted molar refractivity (Wildman–Crippen MR) is 134 cm³/mol. The SMILES string of the molecule is COc1ccc(-c2nn(-c3ccccc3)cc2C(=O)N2CCCC(CNS(C)(=O)=O)C2)c(OC)c1. The van der Waals surface area contributed by atoms with Gasteiger partial charge in [-0.1, -0.05) is 18.2 Å². The summed E-state index contributed by atoms with van der Waals surface area (Å²) in [5, 5.41) is 4.78. The average Bonchev–Trinajstić information content (AvgIpc) is 3.32. The summed E-state index contributed by atoms with van der Waals surface area (Å²) in [6.07, 6.45) is 4.55. The zero-order valence-electron chi connectivity index (χ0n) is 20.1. The van der Waals surface area contributed by atoms with Gasteiger partial charge >= 0.3 is 0 Å². The Morgan fingerprint density at radius 3 is 2.60 bits per heavy atom. The van der Waals surface area contributed by atoms with Crippen LogP contribution in [0.15, 0.2) is 54.7 Å². The van der Waals surface area contributed by atoms with Gasteiger partial charge < -0.3 is 14.4 Å². The lowest BCUT2D eigenvalue weighted by atomic mass is 9.97. The van der Waals surface area contributed by atoms with E-state index in [0.717, 1.165) is 24.8 Å². The maximum atomic E-state index is 13.8. The molecule has 35 heavy (non-hydrogen) atoms. The molecule has 1 N–H and O–H groups in total. The molecule has 9 nitrogen and oxygen atoms in total.